The van der Waals surface area contributed by atoms with Crippen LogP contribution in [0, 0.1) is 0 Å². The summed E-state index contributed by atoms with van der Waals surface area (Å²) in [5.74, 6) is 0. The fourth-order valence-electron chi connectivity index (χ4n) is 1.73. The zero-order valence-corrected chi connectivity index (χ0v) is 13.4. The van der Waals surface area contributed by atoms with Crippen molar-refractivity contribution in [2.45, 2.75) is 16.0 Å². The molecule has 1 unspecified atom stereocenters. The number of benzene rings is 1. The normalized spacial score (nSPS) is 13.3. The molecule has 1 aromatic heterocycles. The van der Waals surface area contributed by atoms with Crippen molar-refractivity contribution in [1.29, 1.82) is 0 Å². The van der Waals surface area contributed by atoms with Crippen LogP contribution in [0.2, 0.25) is 0 Å². The van der Waals surface area contributed by atoms with Gasteiger partial charge in [-0.3, -0.25) is 0 Å². The van der Waals surface area contributed by atoms with E-state index in [1.165, 1.54) is 12.5 Å². The number of nitrogens with zero attached hydrogens (tertiary/aromatic N) is 2. The first-order chi connectivity index (χ1) is 9.92. The molecule has 1 aromatic carbocycles. The van der Waals surface area contributed by atoms with Gasteiger partial charge in [0.1, 0.15) is 0 Å². The molecule has 0 bridgehead atoms. The molecule has 1 heterocycles. The first-order valence-corrected chi connectivity index (χ1v) is 8.93. The van der Waals surface area contributed by atoms with E-state index in [1.807, 2.05) is 18.4 Å². The standard InChI is InChI=1S/C13H17N3O3S2/c1-16-8-13(14-9-16)21(18,19)15-7-12(17)10-3-5-11(20-2)6-4-10/h3-6,8-9,12,15,17H,7H2,1-2H3. The summed E-state index contributed by atoms with van der Waals surface area (Å²) in [6.45, 7) is -0.0997. The average Bonchev–Trinajstić information content (AvgIpc) is 2.92. The molecule has 1 atom stereocenters. The lowest BCUT2D eigenvalue weighted by molar-refractivity contribution is 0.182. The Balaban J connectivity index is 2.01. The Morgan fingerprint density at radius 3 is 2.57 bits per heavy atom. The SMILES string of the molecule is CSc1ccc(C(O)CNS(=O)(=O)c2cn(C)cn2)cc1. The minimum Gasteiger partial charge on any atom is -0.387 e. The van der Waals surface area contributed by atoms with Crippen LogP contribution < -0.4 is 4.72 Å². The molecule has 0 radical (unpaired) electrons. The molecule has 0 aliphatic carbocycles. The highest BCUT2D eigenvalue weighted by atomic mass is 32.2. The van der Waals surface area contributed by atoms with E-state index >= 15 is 0 Å². The van der Waals surface area contributed by atoms with E-state index < -0.39 is 16.1 Å². The number of aryl methyl sites for hydroxylation is 1. The third-order valence-electron chi connectivity index (χ3n) is 2.92. The molecule has 8 heteroatoms. The molecule has 2 rings (SSSR count). The Kier molecular flexibility index (Phi) is 5.04. The van der Waals surface area contributed by atoms with Crippen molar-refractivity contribution < 1.29 is 13.5 Å². The summed E-state index contributed by atoms with van der Waals surface area (Å²) in [6, 6.07) is 7.34. The van der Waals surface area contributed by atoms with Gasteiger partial charge in [-0.2, -0.15) is 0 Å². The second-order valence-electron chi connectivity index (χ2n) is 4.52. The van der Waals surface area contributed by atoms with E-state index in [0.29, 0.717) is 5.56 Å². The first-order valence-electron chi connectivity index (χ1n) is 6.22. The number of sulfonamides is 1. The molecule has 2 aromatic rings. The van der Waals surface area contributed by atoms with Gasteiger partial charge in [-0.25, -0.2) is 18.1 Å². The van der Waals surface area contributed by atoms with Gasteiger partial charge in [-0.15, -0.1) is 11.8 Å². The average molecular weight is 327 g/mol. The topological polar surface area (TPSA) is 84.2 Å². The predicted molar refractivity (Wildman–Crippen MR) is 81.6 cm³/mol. The van der Waals surface area contributed by atoms with Crippen molar-refractivity contribution >= 4 is 21.8 Å². The van der Waals surface area contributed by atoms with E-state index in [0.717, 1.165) is 4.90 Å². The molecular weight excluding hydrogens is 310 g/mol. The largest absolute Gasteiger partial charge is 0.387 e. The first kappa shape index (κ1) is 16.0. The maximum absolute atomic E-state index is 12.0. The number of hydrogen-bond acceptors (Lipinski definition) is 5. The van der Waals surface area contributed by atoms with E-state index in [2.05, 4.69) is 9.71 Å². The van der Waals surface area contributed by atoms with Crippen LogP contribution in [0.15, 0.2) is 46.7 Å². The summed E-state index contributed by atoms with van der Waals surface area (Å²) in [7, 11) is -2.01. The van der Waals surface area contributed by atoms with E-state index in [9.17, 15) is 13.5 Å². The van der Waals surface area contributed by atoms with Gasteiger partial charge in [0, 0.05) is 24.7 Å². The van der Waals surface area contributed by atoms with E-state index in [-0.39, 0.29) is 11.6 Å². The van der Waals surface area contributed by atoms with Crippen molar-refractivity contribution in [3.05, 3.63) is 42.4 Å². The Hall–Kier alpha value is -1.35. The summed E-state index contributed by atoms with van der Waals surface area (Å²) in [4.78, 5) is 4.87. The smallest absolute Gasteiger partial charge is 0.259 e. The number of imidazole rings is 1. The molecule has 2 N–H and O–H groups in total. The Morgan fingerprint density at radius 1 is 1.38 bits per heavy atom. The predicted octanol–water partition coefficient (Wildman–Crippen LogP) is 1.15. The molecule has 0 fully saturated rings. The molecule has 0 saturated heterocycles. The van der Waals surface area contributed by atoms with Gasteiger partial charge in [0.15, 0.2) is 5.03 Å². The van der Waals surface area contributed by atoms with Crippen molar-refractivity contribution in [3.63, 3.8) is 0 Å². The van der Waals surface area contributed by atoms with E-state index in [4.69, 9.17) is 0 Å². The molecule has 21 heavy (non-hydrogen) atoms. The van der Waals surface area contributed by atoms with Gasteiger partial charge in [0.25, 0.3) is 10.0 Å². The minimum absolute atomic E-state index is 0.0602. The Morgan fingerprint density at radius 2 is 2.05 bits per heavy atom. The summed E-state index contributed by atoms with van der Waals surface area (Å²) in [6.07, 6.45) is 3.87. The van der Waals surface area contributed by atoms with Gasteiger partial charge in [-0.1, -0.05) is 12.1 Å². The van der Waals surface area contributed by atoms with Crippen LogP contribution in [-0.2, 0) is 17.1 Å². The van der Waals surface area contributed by atoms with Crippen LogP contribution >= 0.6 is 11.8 Å². The zero-order chi connectivity index (χ0) is 15.5. The minimum atomic E-state index is -3.70. The number of aliphatic hydroxyl groups excluding tert-OH is 1. The Bertz CT molecular complexity index is 696. The van der Waals surface area contributed by atoms with Crippen molar-refractivity contribution in [3.8, 4) is 0 Å². The molecular formula is C13H17N3O3S2. The number of aliphatic hydroxyl groups is 1. The lowest BCUT2D eigenvalue weighted by Gasteiger charge is -2.12. The van der Waals surface area contributed by atoms with Crippen LogP contribution in [-0.4, -0.2) is 35.9 Å². The highest BCUT2D eigenvalue weighted by Crippen LogP contribution is 2.19. The number of aromatic nitrogens is 2. The maximum atomic E-state index is 12.0. The molecule has 0 amide bonds. The third kappa shape index (κ3) is 4.07. The number of thioether (sulfide) groups is 1. The molecule has 0 saturated carbocycles. The number of nitrogens with one attached hydrogen (secondary N) is 1. The molecule has 0 aliphatic heterocycles. The van der Waals surface area contributed by atoms with Crippen LogP contribution in [0.3, 0.4) is 0 Å². The molecule has 6 nitrogen and oxygen atoms in total. The van der Waals surface area contributed by atoms with Gasteiger partial charge in [0.05, 0.1) is 12.4 Å². The lowest BCUT2D eigenvalue weighted by Crippen LogP contribution is -2.28. The lowest BCUT2D eigenvalue weighted by atomic mass is 10.1. The second-order valence-corrected chi connectivity index (χ2v) is 7.11. The zero-order valence-electron chi connectivity index (χ0n) is 11.7. The van der Waals surface area contributed by atoms with Gasteiger partial charge in [-0.05, 0) is 24.0 Å². The summed E-state index contributed by atoms with van der Waals surface area (Å²) >= 11 is 1.60. The second kappa shape index (κ2) is 6.61. The number of hydrogen-bond donors (Lipinski definition) is 2. The highest BCUT2D eigenvalue weighted by Gasteiger charge is 2.18. The molecule has 0 spiro atoms. The maximum Gasteiger partial charge on any atom is 0.259 e. The summed E-state index contributed by atoms with van der Waals surface area (Å²) in [5.41, 5.74) is 0.663. The third-order valence-corrected chi connectivity index (χ3v) is 4.98. The van der Waals surface area contributed by atoms with Crippen LogP contribution in [0.1, 0.15) is 11.7 Å². The van der Waals surface area contributed by atoms with Crippen molar-refractivity contribution in [1.82, 2.24) is 14.3 Å². The summed E-state index contributed by atoms with van der Waals surface area (Å²) < 4.78 is 27.9. The van der Waals surface area contributed by atoms with Crippen LogP contribution in [0.4, 0.5) is 0 Å². The Labute approximate surface area is 128 Å². The van der Waals surface area contributed by atoms with Gasteiger partial charge >= 0.3 is 0 Å². The monoisotopic (exact) mass is 327 g/mol. The van der Waals surface area contributed by atoms with Crippen molar-refractivity contribution in [2.75, 3.05) is 12.8 Å². The molecule has 114 valence electrons. The number of rotatable bonds is 6. The van der Waals surface area contributed by atoms with Crippen LogP contribution in [0.25, 0.3) is 0 Å². The fourth-order valence-corrected chi connectivity index (χ4v) is 3.16. The fraction of sp³-hybridized carbons (Fsp3) is 0.308. The molecule has 0 aliphatic rings. The van der Waals surface area contributed by atoms with E-state index in [1.54, 1.807) is 35.5 Å². The van der Waals surface area contributed by atoms with Gasteiger partial charge < -0.3 is 9.67 Å². The summed E-state index contributed by atoms with van der Waals surface area (Å²) in [5, 5.41) is 9.98. The van der Waals surface area contributed by atoms with Crippen molar-refractivity contribution in [2.24, 2.45) is 7.05 Å². The van der Waals surface area contributed by atoms with Crippen LogP contribution in [0.5, 0.6) is 0 Å². The van der Waals surface area contributed by atoms with Gasteiger partial charge in [0.2, 0.25) is 0 Å². The highest BCUT2D eigenvalue weighted by molar-refractivity contribution is 7.98. The quantitative estimate of drug-likeness (QED) is 0.778.